The van der Waals surface area contributed by atoms with E-state index in [0.717, 1.165) is 5.56 Å². The lowest BCUT2D eigenvalue weighted by Gasteiger charge is -2.37. The van der Waals surface area contributed by atoms with Crippen LogP contribution in [0.15, 0.2) is 17.5 Å². The highest BCUT2D eigenvalue weighted by Gasteiger charge is 2.37. The van der Waals surface area contributed by atoms with E-state index in [9.17, 15) is 14.7 Å². The van der Waals surface area contributed by atoms with Crippen LogP contribution in [0.1, 0.15) is 37.3 Å². The molecule has 1 aliphatic heterocycles. The Balaban J connectivity index is 1.72. The molecule has 0 bridgehead atoms. The third-order valence-electron chi connectivity index (χ3n) is 4.16. The molecule has 2 amide bonds. The minimum atomic E-state index is -0.299. The smallest absolute Gasteiger partial charge is 0.267 e. The number of aliphatic hydroxyl groups is 1. The molecule has 1 aliphatic carbocycles. The lowest BCUT2D eigenvalue weighted by atomic mass is 9.75. The Morgan fingerprint density at radius 3 is 2.82 bits per heavy atom. The SMILES string of the molecule is Cn1cc(C(NC(=O)C2=NNC(=O)CC2)C2CC(O)C2)cn1. The summed E-state index contributed by atoms with van der Waals surface area (Å²) in [5.41, 5.74) is 3.56. The molecule has 3 rings (SSSR count). The van der Waals surface area contributed by atoms with Crippen molar-refractivity contribution in [1.82, 2.24) is 20.5 Å². The number of aryl methyl sites for hydroxylation is 1. The van der Waals surface area contributed by atoms with Gasteiger partial charge in [-0.1, -0.05) is 0 Å². The lowest BCUT2D eigenvalue weighted by molar-refractivity contribution is -0.121. The van der Waals surface area contributed by atoms with E-state index in [0.29, 0.717) is 25.0 Å². The number of hydrogen-bond donors (Lipinski definition) is 3. The van der Waals surface area contributed by atoms with Crippen molar-refractivity contribution in [3.8, 4) is 0 Å². The summed E-state index contributed by atoms with van der Waals surface area (Å²) in [6.07, 6.45) is 5.20. The average Bonchev–Trinajstić information content (AvgIpc) is 2.89. The monoisotopic (exact) mass is 305 g/mol. The van der Waals surface area contributed by atoms with E-state index in [1.807, 2.05) is 13.2 Å². The first-order valence-electron chi connectivity index (χ1n) is 7.36. The zero-order chi connectivity index (χ0) is 15.7. The summed E-state index contributed by atoms with van der Waals surface area (Å²) in [5.74, 6) is -0.278. The molecule has 1 atom stereocenters. The third kappa shape index (κ3) is 3.01. The van der Waals surface area contributed by atoms with Gasteiger partial charge in [0.05, 0.1) is 18.3 Å². The predicted molar refractivity (Wildman–Crippen MR) is 77.6 cm³/mol. The molecule has 1 aromatic rings. The van der Waals surface area contributed by atoms with E-state index in [-0.39, 0.29) is 36.3 Å². The minimum absolute atomic E-state index is 0.178. The van der Waals surface area contributed by atoms with Crippen molar-refractivity contribution in [2.24, 2.45) is 18.1 Å². The number of aromatic nitrogens is 2. The van der Waals surface area contributed by atoms with Crippen molar-refractivity contribution < 1.29 is 14.7 Å². The Morgan fingerprint density at radius 2 is 2.27 bits per heavy atom. The van der Waals surface area contributed by atoms with Gasteiger partial charge in [-0.25, -0.2) is 5.43 Å². The van der Waals surface area contributed by atoms with Gasteiger partial charge in [0.25, 0.3) is 5.91 Å². The molecule has 1 unspecified atom stereocenters. The topological polar surface area (TPSA) is 109 Å². The number of hydrogen-bond acceptors (Lipinski definition) is 5. The van der Waals surface area contributed by atoms with Gasteiger partial charge in [-0.15, -0.1) is 0 Å². The molecule has 0 radical (unpaired) electrons. The molecule has 22 heavy (non-hydrogen) atoms. The maximum atomic E-state index is 12.3. The second kappa shape index (κ2) is 5.88. The summed E-state index contributed by atoms with van der Waals surface area (Å²) in [7, 11) is 1.82. The fourth-order valence-electron chi connectivity index (χ4n) is 2.84. The van der Waals surface area contributed by atoms with E-state index in [1.165, 1.54) is 0 Å². The zero-order valence-electron chi connectivity index (χ0n) is 12.3. The van der Waals surface area contributed by atoms with Crippen LogP contribution in [0.4, 0.5) is 0 Å². The van der Waals surface area contributed by atoms with Gasteiger partial charge >= 0.3 is 0 Å². The van der Waals surface area contributed by atoms with Gasteiger partial charge in [0.1, 0.15) is 5.71 Å². The van der Waals surface area contributed by atoms with Gasteiger partial charge in [0.2, 0.25) is 5.91 Å². The number of aliphatic hydroxyl groups excluding tert-OH is 1. The summed E-state index contributed by atoms with van der Waals surface area (Å²) in [6.45, 7) is 0. The molecule has 2 aliphatic rings. The van der Waals surface area contributed by atoms with Crippen molar-refractivity contribution in [3.63, 3.8) is 0 Å². The zero-order valence-corrected chi connectivity index (χ0v) is 12.3. The molecule has 8 nitrogen and oxygen atoms in total. The van der Waals surface area contributed by atoms with Crippen LogP contribution >= 0.6 is 0 Å². The van der Waals surface area contributed by atoms with Crippen LogP contribution in [-0.2, 0) is 16.6 Å². The highest BCUT2D eigenvalue weighted by Crippen LogP contribution is 2.37. The number of carbonyl (C=O) groups excluding carboxylic acids is 2. The third-order valence-corrected chi connectivity index (χ3v) is 4.16. The highest BCUT2D eigenvalue weighted by atomic mass is 16.3. The Hall–Kier alpha value is -2.22. The molecule has 2 heterocycles. The first-order chi connectivity index (χ1) is 10.5. The summed E-state index contributed by atoms with van der Waals surface area (Å²) >= 11 is 0. The maximum absolute atomic E-state index is 12.3. The number of nitrogens with zero attached hydrogens (tertiary/aromatic N) is 3. The molecule has 0 saturated heterocycles. The number of hydrazone groups is 1. The number of amides is 2. The summed E-state index contributed by atoms with van der Waals surface area (Å²) < 4.78 is 1.68. The molecular weight excluding hydrogens is 286 g/mol. The van der Waals surface area contributed by atoms with Gasteiger partial charge in [0.15, 0.2) is 0 Å². The Morgan fingerprint density at radius 1 is 1.50 bits per heavy atom. The van der Waals surface area contributed by atoms with Gasteiger partial charge in [0, 0.05) is 31.6 Å². The molecule has 118 valence electrons. The predicted octanol–water partition coefficient (Wildman–Crippen LogP) is -0.386. The largest absolute Gasteiger partial charge is 0.393 e. The first kappa shape index (κ1) is 14.7. The average molecular weight is 305 g/mol. The quantitative estimate of drug-likeness (QED) is 0.704. The summed E-state index contributed by atoms with van der Waals surface area (Å²) in [5, 5.41) is 20.5. The van der Waals surface area contributed by atoms with E-state index in [4.69, 9.17) is 0 Å². The second-order valence-electron chi connectivity index (χ2n) is 5.88. The van der Waals surface area contributed by atoms with E-state index < -0.39 is 0 Å². The van der Waals surface area contributed by atoms with Crippen LogP contribution < -0.4 is 10.7 Å². The number of nitrogens with one attached hydrogen (secondary N) is 2. The van der Waals surface area contributed by atoms with Gasteiger partial charge in [-0.2, -0.15) is 10.2 Å². The van der Waals surface area contributed by atoms with Crippen molar-refractivity contribution >= 4 is 17.5 Å². The van der Waals surface area contributed by atoms with Crippen molar-refractivity contribution in [2.75, 3.05) is 0 Å². The summed E-state index contributed by atoms with van der Waals surface area (Å²) in [4.78, 5) is 23.4. The van der Waals surface area contributed by atoms with E-state index in [1.54, 1.807) is 10.9 Å². The van der Waals surface area contributed by atoms with Crippen LogP contribution in [-0.4, -0.2) is 38.5 Å². The molecule has 8 heteroatoms. The molecule has 1 aromatic heterocycles. The molecule has 0 spiro atoms. The molecule has 3 N–H and O–H groups in total. The standard InChI is InChI=1S/C14H19N5O3/c1-19-7-9(6-15-19)13(8-4-10(20)5-8)16-14(22)11-2-3-12(21)18-17-11/h6-8,10,13,20H,2-5H2,1H3,(H,16,22)(H,18,21). The van der Waals surface area contributed by atoms with Crippen LogP contribution in [0.3, 0.4) is 0 Å². The Labute approximate surface area is 127 Å². The Kier molecular flexibility index (Phi) is 3.93. The molecule has 1 fully saturated rings. The van der Waals surface area contributed by atoms with Crippen LogP contribution in [0.5, 0.6) is 0 Å². The number of rotatable bonds is 4. The van der Waals surface area contributed by atoms with Gasteiger partial charge in [-0.3, -0.25) is 14.3 Å². The Bertz CT molecular complexity index is 618. The molecule has 1 saturated carbocycles. The number of carbonyl (C=O) groups is 2. The van der Waals surface area contributed by atoms with Crippen LogP contribution in [0, 0.1) is 5.92 Å². The van der Waals surface area contributed by atoms with Crippen molar-refractivity contribution in [3.05, 3.63) is 18.0 Å². The first-order valence-corrected chi connectivity index (χ1v) is 7.36. The second-order valence-corrected chi connectivity index (χ2v) is 5.88. The van der Waals surface area contributed by atoms with Gasteiger partial charge in [-0.05, 0) is 18.8 Å². The highest BCUT2D eigenvalue weighted by molar-refractivity contribution is 6.39. The fraction of sp³-hybridized carbons (Fsp3) is 0.571. The maximum Gasteiger partial charge on any atom is 0.267 e. The van der Waals surface area contributed by atoms with Crippen molar-refractivity contribution in [2.45, 2.75) is 37.8 Å². The van der Waals surface area contributed by atoms with Crippen LogP contribution in [0.2, 0.25) is 0 Å². The van der Waals surface area contributed by atoms with E-state index in [2.05, 4.69) is 20.9 Å². The normalized spacial score (nSPS) is 25.7. The minimum Gasteiger partial charge on any atom is -0.393 e. The summed E-state index contributed by atoms with van der Waals surface area (Å²) in [6, 6.07) is -0.204. The molecule has 0 aromatic carbocycles. The lowest BCUT2D eigenvalue weighted by Crippen LogP contribution is -2.44. The van der Waals surface area contributed by atoms with Gasteiger partial charge < -0.3 is 10.4 Å². The van der Waals surface area contributed by atoms with Crippen molar-refractivity contribution in [1.29, 1.82) is 0 Å². The fourth-order valence-corrected chi connectivity index (χ4v) is 2.84. The van der Waals surface area contributed by atoms with E-state index >= 15 is 0 Å². The molecular formula is C14H19N5O3. The van der Waals surface area contributed by atoms with Crippen LogP contribution in [0.25, 0.3) is 0 Å².